The van der Waals surface area contributed by atoms with Gasteiger partial charge in [-0.1, -0.05) is 40.9 Å². The van der Waals surface area contributed by atoms with E-state index in [9.17, 15) is 22.8 Å². The van der Waals surface area contributed by atoms with Crippen molar-refractivity contribution < 1.29 is 22.8 Å². The largest absolute Gasteiger partial charge is 0.432 e. The van der Waals surface area contributed by atoms with Crippen molar-refractivity contribution in [2.45, 2.75) is 19.6 Å². The zero-order valence-electron chi connectivity index (χ0n) is 17.6. The lowest BCUT2D eigenvalue weighted by Gasteiger charge is -2.15. The van der Waals surface area contributed by atoms with Crippen LogP contribution in [-0.2, 0) is 17.5 Å². The lowest BCUT2D eigenvalue weighted by atomic mass is 10.0. The van der Waals surface area contributed by atoms with Gasteiger partial charge in [0.05, 0.1) is 5.56 Å². The van der Waals surface area contributed by atoms with E-state index in [1.165, 1.54) is 54.9 Å². The number of nitrogens with one attached hydrogen (secondary N) is 1. The maximum atomic E-state index is 14.4. The summed E-state index contributed by atoms with van der Waals surface area (Å²) in [6.45, 7) is 1.40. The van der Waals surface area contributed by atoms with Crippen LogP contribution in [0.4, 0.5) is 18.9 Å². The molecule has 0 saturated carbocycles. The highest BCUT2D eigenvalue weighted by atomic mass is 35.5. The number of hydrogen-bond donors (Lipinski definition) is 1. The fraction of sp³-hybridized carbons (Fsp3) is 0.125. The predicted molar refractivity (Wildman–Crippen MR) is 124 cm³/mol. The first-order valence-corrected chi connectivity index (χ1v) is 10.7. The van der Waals surface area contributed by atoms with E-state index in [0.29, 0.717) is 16.1 Å². The van der Waals surface area contributed by atoms with Gasteiger partial charge in [-0.3, -0.25) is 14.6 Å². The Morgan fingerprint density at radius 3 is 2.38 bits per heavy atom. The summed E-state index contributed by atoms with van der Waals surface area (Å²) in [6.07, 6.45) is -2.17. The van der Waals surface area contributed by atoms with E-state index < -0.39 is 29.1 Å². The number of amides is 1. The highest BCUT2D eigenvalue weighted by Gasteiger charge is 2.42. The highest BCUT2D eigenvalue weighted by Crippen LogP contribution is 2.40. The third-order valence-electron chi connectivity index (χ3n) is 5.20. The van der Waals surface area contributed by atoms with Gasteiger partial charge < -0.3 is 9.88 Å². The minimum Gasteiger partial charge on any atom is -0.332 e. The summed E-state index contributed by atoms with van der Waals surface area (Å²) in [6, 6.07) is 11.9. The van der Waals surface area contributed by atoms with Gasteiger partial charge in [0, 0.05) is 45.6 Å². The van der Waals surface area contributed by atoms with E-state index in [2.05, 4.69) is 10.3 Å². The third kappa shape index (κ3) is 4.64. The number of fused-ring (bicyclic) bond motifs is 1. The number of anilines is 1. The van der Waals surface area contributed by atoms with Crippen LogP contribution in [0.2, 0.25) is 10.0 Å². The van der Waals surface area contributed by atoms with Crippen LogP contribution in [-0.4, -0.2) is 21.2 Å². The van der Waals surface area contributed by atoms with Gasteiger partial charge in [-0.15, -0.1) is 0 Å². The lowest BCUT2D eigenvalue weighted by molar-refractivity contribution is -0.143. The second-order valence-corrected chi connectivity index (χ2v) is 8.43. The van der Waals surface area contributed by atoms with E-state index in [1.54, 1.807) is 13.0 Å². The van der Waals surface area contributed by atoms with Crippen molar-refractivity contribution in [2.75, 3.05) is 5.32 Å². The molecule has 0 fully saturated rings. The van der Waals surface area contributed by atoms with Gasteiger partial charge in [0.1, 0.15) is 5.69 Å². The SMILES string of the molecule is Cc1ccc2c(c1)c(C(=O)C(=O)Nc1ccncc1)c(C(F)(F)F)n2Cc1ccc(Cl)cc1Cl. The lowest BCUT2D eigenvalue weighted by Crippen LogP contribution is -2.26. The van der Waals surface area contributed by atoms with Crippen LogP contribution in [0.1, 0.15) is 27.2 Å². The average Bonchev–Trinajstić information content (AvgIpc) is 3.09. The van der Waals surface area contributed by atoms with Gasteiger partial charge in [0.25, 0.3) is 11.7 Å². The maximum absolute atomic E-state index is 14.4. The summed E-state index contributed by atoms with van der Waals surface area (Å²) in [5.41, 5.74) is -0.573. The molecule has 4 rings (SSSR count). The molecule has 0 aliphatic rings. The molecule has 1 N–H and O–H groups in total. The minimum atomic E-state index is -4.94. The van der Waals surface area contributed by atoms with Crippen molar-refractivity contribution in [3.8, 4) is 0 Å². The second-order valence-electron chi connectivity index (χ2n) is 7.58. The number of hydrogen-bond acceptors (Lipinski definition) is 3. The van der Waals surface area contributed by atoms with Crippen molar-refractivity contribution in [3.63, 3.8) is 0 Å². The Balaban J connectivity index is 1.91. The number of carbonyl (C=O) groups excluding carboxylic acids is 2. The topological polar surface area (TPSA) is 64.0 Å². The molecule has 0 radical (unpaired) electrons. The maximum Gasteiger partial charge on any atom is 0.432 e. The number of rotatable bonds is 5. The Kier molecular flexibility index (Phi) is 6.38. The van der Waals surface area contributed by atoms with Crippen molar-refractivity contribution in [1.29, 1.82) is 0 Å². The Labute approximate surface area is 202 Å². The number of alkyl halides is 3. The molecule has 2 aromatic carbocycles. The van der Waals surface area contributed by atoms with Gasteiger partial charge in [-0.2, -0.15) is 13.2 Å². The molecule has 0 atom stereocenters. The zero-order chi connectivity index (χ0) is 24.6. The van der Waals surface area contributed by atoms with E-state index in [4.69, 9.17) is 23.2 Å². The standard InChI is InChI=1S/C24H16Cl2F3N3O2/c1-13-2-5-19-17(10-13)20(21(33)23(34)31-16-6-8-30-9-7-16)22(24(27,28)29)32(19)12-14-3-4-15(25)11-18(14)26/h2-11H,12H2,1H3,(H,30,31,34). The van der Waals surface area contributed by atoms with Crippen molar-refractivity contribution in [1.82, 2.24) is 9.55 Å². The Morgan fingerprint density at radius 1 is 1.03 bits per heavy atom. The number of benzene rings is 2. The average molecular weight is 506 g/mol. The van der Waals surface area contributed by atoms with Gasteiger partial charge in [0.2, 0.25) is 0 Å². The minimum absolute atomic E-state index is 0.0206. The Morgan fingerprint density at radius 2 is 1.74 bits per heavy atom. The number of carbonyl (C=O) groups is 2. The number of Topliss-reactive ketones (excluding diaryl/α,β-unsaturated/α-hetero) is 1. The summed E-state index contributed by atoms with van der Waals surface area (Å²) in [4.78, 5) is 29.6. The molecule has 34 heavy (non-hydrogen) atoms. The fourth-order valence-electron chi connectivity index (χ4n) is 3.71. The molecule has 5 nitrogen and oxygen atoms in total. The summed E-state index contributed by atoms with van der Waals surface area (Å²) >= 11 is 12.1. The molecule has 0 saturated heterocycles. The van der Waals surface area contributed by atoms with Crippen LogP contribution in [0.25, 0.3) is 10.9 Å². The predicted octanol–water partition coefficient (Wildman–Crippen LogP) is 6.54. The van der Waals surface area contributed by atoms with Crippen LogP contribution >= 0.6 is 23.2 Å². The van der Waals surface area contributed by atoms with Crippen LogP contribution < -0.4 is 5.32 Å². The van der Waals surface area contributed by atoms with E-state index in [0.717, 1.165) is 4.57 Å². The number of ketones is 1. The van der Waals surface area contributed by atoms with E-state index >= 15 is 0 Å². The smallest absolute Gasteiger partial charge is 0.332 e. The summed E-state index contributed by atoms with van der Waals surface area (Å²) in [5.74, 6) is -2.50. The summed E-state index contributed by atoms with van der Waals surface area (Å²) in [5, 5.41) is 2.87. The van der Waals surface area contributed by atoms with E-state index in [-0.39, 0.29) is 28.2 Å². The van der Waals surface area contributed by atoms with Gasteiger partial charge >= 0.3 is 6.18 Å². The van der Waals surface area contributed by atoms with Crippen LogP contribution in [0, 0.1) is 6.92 Å². The zero-order valence-corrected chi connectivity index (χ0v) is 19.1. The molecule has 0 unspecified atom stereocenters. The molecule has 2 heterocycles. The van der Waals surface area contributed by atoms with Crippen LogP contribution in [0.15, 0.2) is 60.9 Å². The second kappa shape index (κ2) is 9.12. The molecule has 0 aliphatic carbocycles. The molecular weight excluding hydrogens is 490 g/mol. The first kappa shape index (κ1) is 23.8. The van der Waals surface area contributed by atoms with Gasteiger partial charge in [-0.25, -0.2) is 0 Å². The quantitative estimate of drug-likeness (QED) is 0.247. The molecule has 0 spiro atoms. The van der Waals surface area contributed by atoms with Crippen LogP contribution in [0.5, 0.6) is 0 Å². The summed E-state index contributed by atoms with van der Waals surface area (Å²) < 4.78 is 44.2. The fourth-order valence-corrected chi connectivity index (χ4v) is 4.18. The molecule has 0 aliphatic heterocycles. The third-order valence-corrected chi connectivity index (χ3v) is 5.79. The number of nitrogens with zero attached hydrogens (tertiary/aromatic N) is 2. The number of pyridine rings is 1. The molecule has 174 valence electrons. The molecule has 10 heteroatoms. The van der Waals surface area contributed by atoms with E-state index in [1.807, 2.05) is 0 Å². The monoisotopic (exact) mass is 505 g/mol. The first-order valence-electron chi connectivity index (χ1n) is 9.96. The molecule has 2 aromatic heterocycles. The normalized spacial score (nSPS) is 11.6. The van der Waals surface area contributed by atoms with Gasteiger partial charge in [0.15, 0.2) is 0 Å². The number of halogens is 5. The number of aromatic nitrogens is 2. The Bertz CT molecular complexity index is 1420. The first-order chi connectivity index (χ1) is 16.1. The summed E-state index contributed by atoms with van der Waals surface area (Å²) in [7, 11) is 0. The van der Waals surface area contributed by atoms with Crippen LogP contribution in [0.3, 0.4) is 0 Å². The van der Waals surface area contributed by atoms with Crippen molar-refractivity contribution in [2.24, 2.45) is 0 Å². The highest BCUT2D eigenvalue weighted by molar-refractivity contribution is 6.48. The van der Waals surface area contributed by atoms with Crippen molar-refractivity contribution >= 4 is 51.5 Å². The molecule has 0 bridgehead atoms. The van der Waals surface area contributed by atoms with Gasteiger partial charge in [-0.05, 0) is 48.9 Å². The molecular formula is C24H16Cl2F3N3O2. The van der Waals surface area contributed by atoms with Crippen molar-refractivity contribution in [3.05, 3.63) is 93.4 Å². The molecule has 1 amide bonds. The Hall–Kier alpha value is -3.36. The molecule has 4 aromatic rings. The number of aryl methyl sites for hydroxylation is 1.